The molecule has 0 aromatic heterocycles. The normalized spacial score (nSPS) is 12.4. The monoisotopic (exact) mass is 632 g/mol. The standard InChI is InChI=1S/C27H52O9Si4/c1-11-21-40(34-37(5,6)22-15-18-31-25(28)12-2,35-38(7,8)23-16-19-32-26(29)13-3)36-39(9,10)24-17-20-33-27(30)14-4/h12-14H,2-4,11,15-24H2,1,5-10H3. The van der Waals surface area contributed by atoms with Crippen molar-refractivity contribution < 1.29 is 40.9 Å². The van der Waals surface area contributed by atoms with Crippen molar-refractivity contribution in [2.24, 2.45) is 0 Å². The van der Waals surface area contributed by atoms with Gasteiger partial charge in [-0.1, -0.05) is 33.1 Å². The number of ether oxygens (including phenoxy) is 3. The molecule has 0 fully saturated rings. The average Bonchev–Trinajstić information content (AvgIpc) is 2.85. The van der Waals surface area contributed by atoms with Crippen LogP contribution >= 0.6 is 0 Å². The zero-order chi connectivity index (χ0) is 30.9. The highest BCUT2D eigenvalue weighted by Gasteiger charge is 2.51. The second-order valence-corrected chi connectivity index (χ2v) is 27.8. The third-order valence-corrected chi connectivity index (χ3v) is 22.0. The molecule has 0 aliphatic rings. The fraction of sp³-hybridized carbons (Fsp3) is 0.667. The van der Waals surface area contributed by atoms with E-state index in [0.717, 1.165) is 42.8 Å². The van der Waals surface area contributed by atoms with Gasteiger partial charge in [0.2, 0.25) is 0 Å². The second-order valence-electron chi connectivity index (χ2n) is 11.4. The highest BCUT2D eigenvalue weighted by atomic mass is 28.5. The van der Waals surface area contributed by atoms with Crippen molar-refractivity contribution in [1.82, 2.24) is 0 Å². The van der Waals surface area contributed by atoms with E-state index in [2.05, 4.69) is 65.9 Å². The summed E-state index contributed by atoms with van der Waals surface area (Å²) in [5.74, 6) is -1.29. The number of hydrogen-bond donors (Lipinski definition) is 0. The minimum atomic E-state index is -3.16. The molecule has 0 aromatic carbocycles. The van der Waals surface area contributed by atoms with Crippen LogP contribution < -0.4 is 0 Å². The highest BCUT2D eigenvalue weighted by Crippen LogP contribution is 2.34. The molecule has 0 aliphatic carbocycles. The maximum atomic E-state index is 11.4. The van der Waals surface area contributed by atoms with Gasteiger partial charge in [0.25, 0.3) is 0 Å². The van der Waals surface area contributed by atoms with Crippen LogP contribution in [-0.2, 0) is 40.9 Å². The van der Waals surface area contributed by atoms with Crippen molar-refractivity contribution in [1.29, 1.82) is 0 Å². The van der Waals surface area contributed by atoms with Crippen molar-refractivity contribution in [3.63, 3.8) is 0 Å². The SMILES string of the molecule is C=CC(=O)OCCC[Si](C)(C)O[Si](CCC)(O[Si](C)(C)CCCOC(=O)C=C)O[Si](C)(C)CCCOC(=O)C=C. The van der Waals surface area contributed by atoms with E-state index in [9.17, 15) is 14.4 Å². The molecule has 0 aliphatic heterocycles. The molecular formula is C27H52O9Si4. The summed E-state index contributed by atoms with van der Waals surface area (Å²) in [7, 11) is -10.0. The predicted octanol–water partition coefficient (Wildman–Crippen LogP) is 6.36. The summed E-state index contributed by atoms with van der Waals surface area (Å²) >= 11 is 0. The summed E-state index contributed by atoms with van der Waals surface area (Å²) in [5.41, 5.74) is 0. The molecule has 0 radical (unpaired) electrons. The molecule has 0 atom stereocenters. The van der Waals surface area contributed by atoms with Crippen LogP contribution in [-0.4, -0.2) is 71.5 Å². The fourth-order valence-electron chi connectivity index (χ4n) is 4.13. The van der Waals surface area contributed by atoms with Gasteiger partial charge in [-0.25, -0.2) is 14.4 Å². The first-order valence-electron chi connectivity index (χ1n) is 14.0. The lowest BCUT2D eigenvalue weighted by Crippen LogP contribution is -2.61. The molecule has 13 heteroatoms. The van der Waals surface area contributed by atoms with Crippen molar-refractivity contribution in [2.75, 3.05) is 19.8 Å². The van der Waals surface area contributed by atoms with Crippen LogP contribution in [0.2, 0.25) is 63.5 Å². The van der Waals surface area contributed by atoms with Gasteiger partial charge in [0.05, 0.1) is 19.8 Å². The van der Waals surface area contributed by atoms with Crippen LogP contribution in [0.25, 0.3) is 0 Å². The molecule has 0 saturated heterocycles. The minimum Gasteiger partial charge on any atom is -0.463 e. The third kappa shape index (κ3) is 17.9. The Morgan fingerprint density at radius 2 is 0.825 bits per heavy atom. The van der Waals surface area contributed by atoms with Crippen LogP contribution in [0.1, 0.15) is 32.6 Å². The third-order valence-electron chi connectivity index (χ3n) is 5.85. The van der Waals surface area contributed by atoms with Gasteiger partial charge < -0.3 is 26.6 Å². The van der Waals surface area contributed by atoms with E-state index in [1.807, 2.05) is 0 Å². The molecule has 0 amide bonds. The summed E-state index contributed by atoms with van der Waals surface area (Å²) in [6.45, 7) is 26.2. The zero-order valence-corrected chi connectivity index (χ0v) is 29.8. The molecule has 0 unspecified atom stereocenters. The molecule has 0 N–H and O–H groups in total. The van der Waals surface area contributed by atoms with E-state index >= 15 is 0 Å². The van der Waals surface area contributed by atoms with E-state index in [0.29, 0.717) is 45.1 Å². The number of hydrogen-bond acceptors (Lipinski definition) is 9. The Morgan fingerprint density at radius 1 is 0.550 bits per heavy atom. The Bertz CT molecular complexity index is 741. The molecule has 0 saturated carbocycles. The number of esters is 3. The molecular weight excluding hydrogens is 581 g/mol. The van der Waals surface area contributed by atoms with Crippen LogP contribution in [0, 0.1) is 0 Å². The van der Waals surface area contributed by atoms with Gasteiger partial charge in [-0.15, -0.1) is 0 Å². The maximum absolute atomic E-state index is 11.4. The lowest BCUT2D eigenvalue weighted by Gasteiger charge is -2.45. The van der Waals surface area contributed by atoms with Gasteiger partial charge in [-0.2, -0.15) is 0 Å². The quantitative estimate of drug-likeness (QED) is 0.0418. The van der Waals surface area contributed by atoms with Crippen LogP contribution in [0.3, 0.4) is 0 Å². The molecule has 0 aromatic rings. The first kappa shape index (κ1) is 38.4. The van der Waals surface area contributed by atoms with Crippen LogP contribution in [0.15, 0.2) is 38.0 Å². The summed E-state index contributed by atoms with van der Waals surface area (Å²) < 4.78 is 36.6. The van der Waals surface area contributed by atoms with E-state index in [-0.39, 0.29) is 0 Å². The number of carbonyl (C=O) groups is 3. The summed E-state index contributed by atoms with van der Waals surface area (Å²) in [6.07, 6.45) is 6.37. The van der Waals surface area contributed by atoms with E-state index in [4.69, 9.17) is 26.6 Å². The van der Waals surface area contributed by atoms with Gasteiger partial charge in [-0.05, 0) is 76.7 Å². The van der Waals surface area contributed by atoms with Crippen LogP contribution in [0.4, 0.5) is 0 Å². The average molecular weight is 633 g/mol. The lowest BCUT2D eigenvalue weighted by molar-refractivity contribution is -0.138. The van der Waals surface area contributed by atoms with Gasteiger partial charge in [0.1, 0.15) is 0 Å². The Labute approximate surface area is 246 Å². The Balaban J connectivity index is 5.78. The fourth-order valence-corrected chi connectivity index (χ4v) is 21.9. The van der Waals surface area contributed by atoms with Crippen molar-refractivity contribution in [3.8, 4) is 0 Å². The van der Waals surface area contributed by atoms with Gasteiger partial charge >= 0.3 is 26.7 Å². The predicted molar refractivity (Wildman–Crippen MR) is 168 cm³/mol. The summed E-state index contributed by atoms with van der Waals surface area (Å²) in [5, 5.41) is 0. The van der Waals surface area contributed by atoms with E-state index in [1.165, 1.54) is 0 Å². The summed E-state index contributed by atoms with van der Waals surface area (Å²) in [6, 6.07) is 3.03. The van der Waals surface area contributed by atoms with E-state index < -0.39 is 51.7 Å². The Kier molecular flexibility index (Phi) is 18.0. The Hall–Kier alpha value is -1.62. The van der Waals surface area contributed by atoms with Gasteiger partial charge in [-0.3, -0.25) is 0 Å². The largest absolute Gasteiger partial charge is 0.469 e. The molecule has 0 rings (SSSR count). The maximum Gasteiger partial charge on any atom is 0.469 e. The molecule has 9 nitrogen and oxygen atoms in total. The van der Waals surface area contributed by atoms with Crippen molar-refractivity contribution in [3.05, 3.63) is 38.0 Å². The lowest BCUT2D eigenvalue weighted by atomic mass is 10.5. The molecule has 230 valence electrons. The molecule has 40 heavy (non-hydrogen) atoms. The van der Waals surface area contributed by atoms with Crippen molar-refractivity contribution >= 4 is 51.7 Å². The van der Waals surface area contributed by atoms with Gasteiger partial charge in [0.15, 0.2) is 25.0 Å². The molecule has 0 heterocycles. The van der Waals surface area contributed by atoms with Crippen molar-refractivity contribution in [2.45, 2.75) is 96.1 Å². The second kappa shape index (κ2) is 18.7. The van der Waals surface area contributed by atoms with Gasteiger partial charge in [0, 0.05) is 24.3 Å². The molecule has 0 bridgehead atoms. The Morgan fingerprint density at radius 3 is 1.05 bits per heavy atom. The topological polar surface area (TPSA) is 107 Å². The first-order chi connectivity index (χ1) is 18.5. The summed E-state index contributed by atoms with van der Waals surface area (Å²) in [4.78, 5) is 34.3. The zero-order valence-electron chi connectivity index (χ0n) is 25.8. The smallest absolute Gasteiger partial charge is 0.463 e. The van der Waals surface area contributed by atoms with Crippen LogP contribution in [0.5, 0.6) is 0 Å². The van der Waals surface area contributed by atoms with E-state index in [1.54, 1.807) is 0 Å². The highest BCUT2D eigenvalue weighted by molar-refractivity contribution is 6.90. The minimum absolute atomic E-state index is 0.308. The molecule has 0 spiro atoms. The first-order valence-corrected chi connectivity index (χ1v) is 25.3. The number of carbonyl (C=O) groups excluding carboxylic acids is 3. The number of rotatable bonds is 23.